The summed E-state index contributed by atoms with van der Waals surface area (Å²) in [5.41, 5.74) is 2.64. The van der Waals surface area contributed by atoms with Gasteiger partial charge in [0.2, 0.25) is 0 Å². The summed E-state index contributed by atoms with van der Waals surface area (Å²) in [5, 5.41) is 4.27. The van der Waals surface area contributed by atoms with Crippen LogP contribution in [0.15, 0.2) is 42.7 Å². The zero-order valence-electron chi connectivity index (χ0n) is 13.3. The topological polar surface area (TPSA) is 30.3 Å². The van der Waals surface area contributed by atoms with Crippen molar-refractivity contribution in [3.8, 4) is 0 Å². The van der Waals surface area contributed by atoms with Crippen LogP contribution in [0.1, 0.15) is 30.4 Å². The van der Waals surface area contributed by atoms with E-state index in [-0.39, 0.29) is 0 Å². The van der Waals surface area contributed by atoms with E-state index < -0.39 is 0 Å². The molecule has 1 aliphatic heterocycles. The van der Waals surface area contributed by atoms with Crippen LogP contribution < -0.4 is 0 Å². The zero-order chi connectivity index (χ0) is 15.2. The van der Waals surface area contributed by atoms with Crippen molar-refractivity contribution in [1.29, 1.82) is 0 Å². The van der Waals surface area contributed by atoms with Crippen LogP contribution in [0.2, 0.25) is 0 Å². The molecule has 118 valence electrons. The van der Waals surface area contributed by atoms with Crippen LogP contribution in [0.25, 0.3) is 0 Å². The minimum Gasteiger partial charge on any atom is -0.377 e. The van der Waals surface area contributed by atoms with Crippen LogP contribution in [0.3, 0.4) is 0 Å². The molecule has 1 unspecified atom stereocenters. The minimum absolute atomic E-state index is 0.408. The first-order chi connectivity index (χ1) is 10.8. The Morgan fingerprint density at radius 3 is 2.95 bits per heavy atom. The molecule has 1 aliphatic rings. The third kappa shape index (κ3) is 4.42. The number of nitrogens with zero attached hydrogens (tertiary/aromatic N) is 3. The van der Waals surface area contributed by atoms with Gasteiger partial charge in [-0.15, -0.1) is 0 Å². The summed E-state index contributed by atoms with van der Waals surface area (Å²) in [6.45, 7) is 3.74. The third-order valence-corrected chi connectivity index (χ3v) is 4.14. The molecule has 1 aromatic carbocycles. The van der Waals surface area contributed by atoms with E-state index in [1.807, 2.05) is 23.1 Å². The molecule has 0 N–H and O–H groups in total. The van der Waals surface area contributed by atoms with Crippen molar-refractivity contribution in [3.05, 3.63) is 53.9 Å². The standard InChI is InChI=1S/C18H25N3O/c1-20(15-18-8-2-3-11-22-18)13-16-6-4-7-17(12-16)14-21-10-5-9-19-21/h4-7,9-10,12,18H,2-3,8,11,13-15H2,1H3. The summed E-state index contributed by atoms with van der Waals surface area (Å²) in [6.07, 6.45) is 7.95. The normalized spacial score (nSPS) is 18.7. The summed E-state index contributed by atoms with van der Waals surface area (Å²) < 4.78 is 7.78. The van der Waals surface area contributed by atoms with Gasteiger partial charge in [-0.1, -0.05) is 24.3 Å². The summed E-state index contributed by atoms with van der Waals surface area (Å²) in [6, 6.07) is 10.7. The van der Waals surface area contributed by atoms with Gasteiger partial charge in [-0.3, -0.25) is 9.58 Å². The third-order valence-electron chi connectivity index (χ3n) is 4.14. The van der Waals surface area contributed by atoms with Crippen molar-refractivity contribution >= 4 is 0 Å². The fourth-order valence-corrected chi connectivity index (χ4v) is 3.08. The van der Waals surface area contributed by atoms with Gasteiger partial charge < -0.3 is 4.74 Å². The van der Waals surface area contributed by atoms with Crippen LogP contribution >= 0.6 is 0 Å². The molecule has 0 radical (unpaired) electrons. The molecule has 0 aliphatic carbocycles. The second kappa shape index (κ2) is 7.56. The summed E-state index contributed by atoms with van der Waals surface area (Å²) in [5.74, 6) is 0. The van der Waals surface area contributed by atoms with Gasteiger partial charge >= 0.3 is 0 Å². The smallest absolute Gasteiger partial charge is 0.0702 e. The monoisotopic (exact) mass is 299 g/mol. The average Bonchev–Trinajstić information content (AvgIpc) is 3.01. The van der Waals surface area contributed by atoms with E-state index in [2.05, 4.69) is 41.3 Å². The Morgan fingerprint density at radius 1 is 1.27 bits per heavy atom. The van der Waals surface area contributed by atoms with Gasteiger partial charge in [-0.25, -0.2) is 0 Å². The van der Waals surface area contributed by atoms with E-state index in [0.29, 0.717) is 6.10 Å². The van der Waals surface area contributed by atoms with E-state index in [4.69, 9.17) is 4.74 Å². The van der Waals surface area contributed by atoms with Crippen molar-refractivity contribution in [2.75, 3.05) is 20.2 Å². The minimum atomic E-state index is 0.408. The molecule has 1 aromatic heterocycles. The van der Waals surface area contributed by atoms with Crippen molar-refractivity contribution in [2.24, 2.45) is 0 Å². The summed E-state index contributed by atoms with van der Waals surface area (Å²) >= 11 is 0. The van der Waals surface area contributed by atoms with Crippen LogP contribution in [0, 0.1) is 0 Å². The lowest BCUT2D eigenvalue weighted by molar-refractivity contribution is -0.00259. The van der Waals surface area contributed by atoms with Gasteiger partial charge in [0, 0.05) is 32.1 Å². The highest BCUT2D eigenvalue weighted by Gasteiger charge is 2.15. The lowest BCUT2D eigenvalue weighted by atomic mass is 10.1. The number of hydrogen-bond donors (Lipinski definition) is 0. The molecule has 1 saturated heterocycles. The van der Waals surface area contributed by atoms with Gasteiger partial charge in [-0.05, 0) is 43.5 Å². The highest BCUT2D eigenvalue weighted by atomic mass is 16.5. The SMILES string of the molecule is CN(Cc1cccc(Cn2cccn2)c1)CC1CCCCO1. The van der Waals surface area contributed by atoms with Gasteiger partial charge in [0.25, 0.3) is 0 Å². The molecule has 2 heterocycles. The molecule has 0 bridgehead atoms. The Morgan fingerprint density at radius 2 is 2.18 bits per heavy atom. The molecule has 3 rings (SSSR count). The molecular formula is C18H25N3O. The highest BCUT2D eigenvalue weighted by Crippen LogP contribution is 2.15. The van der Waals surface area contributed by atoms with Gasteiger partial charge in [0.15, 0.2) is 0 Å². The average molecular weight is 299 g/mol. The Bertz CT molecular complexity index is 561. The summed E-state index contributed by atoms with van der Waals surface area (Å²) in [4.78, 5) is 2.36. The van der Waals surface area contributed by atoms with Crippen LogP contribution in [-0.2, 0) is 17.8 Å². The second-order valence-electron chi connectivity index (χ2n) is 6.21. The van der Waals surface area contributed by atoms with E-state index >= 15 is 0 Å². The molecule has 4 nitrogen and oxygen atoms in total. The number of aromatic nitrogens is 2. The predicted molar refractivity (Wildman–Crippen MR) is 87.7 cm³/mol. The Hall–Kier alpha value is -1.65. The van der Waals surface area contributed by atoms with Crippen molar-refractivity contribution in [3.63, 3.8) is 0 Å². The molecule has 0 amide bonds. The van der Waals surface area contributed by atoms with Crippen LogP contribution in [0.4, 0.5) is 0 Å². The largest absolute Gasteiger partial charge is 0.377 e. The number of hydrogen-bond acceptors (Lipinski definition) is 3. The van der Waals surface area contributed by atoms with Crippen molar-refractivity contribution in [1.82, 2.24) is 14.7 Å². The van der Waals surface area contributed by atoms with Crippen LogP contribution in [0.5, 0.6) is 0 Å². The number of ether oxygens (including phenoxy) is 1. The van der Waals surface area contributed by atoms with Crippen molar-refractivity contribution < 1.29 is 4.74 Å². The predicted octanol–water partition coefficient (Wildman–Crippen LogP) is 2.93. The number of rotatable bonds is 6. The first-order valence-electron chi connectivity index (χ1n) is 8.15. The molecule has 0 saturated carbocycles. The van der Waals surface area contributed by atoms with Crippen molar-refractivity contribution in [2.45, 2.75) is 38.5 Å². The summed E-state index contributed by atoms with van der Waals surface area (Å²) in [7, 11) is 2.18. The van der Waals surface area contributed by atoms with Crippen LogP contribution in [-0.4, -0.2) is 41.0 Å². The van der Waals surface area contributed by atoms with E-state index in [0.717, 1.165) is 26.2 Å². The number of likely N-dealkylation sites (N-methyl/N-ethyl adjacent to an activating group) is 1. The first-order valence-corrected chi connectivity index (χ1v) is 8.15. The molecule has 1 atom stereocenters. The van der Waals surface area contributed by atoms with E-state index in [9.17, 15) is 0 Å². The first kappa shape index (κ1) is 15.3. The Kier molecular flexibility index (Phi) is 5.24. The maximum absolute atomic E-state index is 5.83. The Labute approximate surface area is 132 Å². The molecule has 22 heavy (non-hydrogen) atoms. The maximum Gasteiger partial charge on any atom is 0.0702 e. The fourth-order valence-electron chi connectivity index (χ4n) is 3.08. The fraction of sp³-hybridized carbons (Fsp3) is 0.500. The number of benzene rings is 1. The Balaban J connectivity index is 1.55. The second-order valence-corrected chi connectivity index (χ2v) is 6.21. The molecule has 4 heteroatoms. The van der Waals surface area contributed by atoms with Gasteiger partial charge in [0.05, 0.1) is 12.6 Å². The molecule has 2 aromatic rings. The highest BCUT2D eigenvalue weighted by molar-refractivity contribution is 5.23. The molecular weight excluding hydrogens is 274 g/mol. The lowest BCUT2D eigenvalue weighted by Crippen LogP contribution is -2.33. The zero-order valence-corrected chi connectivity index (χ0v) is 13.3. The van der Waals surface area contributed by atoms with E-state index in [1.54, 1.807) is 0 Å². The lowest BCUT2D eigenvalue weighted by Gasteiger charge is -2.27. The molecule has 1 fully saturated rings. The maximum atomic E-state index is 5.83. The quantitative estimate of drug-likeness (QED) is 0.821. The van der Waals surface area contributed by atoms with Gasteiger partial charge in [0.1, 0.15) is 0 Å². The van der Waals surface area contributed by atoms with Gasteiger partial charge in [-0.2, -0.15) is 5.10 Å². The van der Waals surface area contributed by atoms with E-state index in [1.165, 1.54) is 30.4 Å². The molecule has 0 spiro atoms.